The number of hydrogen-bond donors (Lipinski definition) is 0. The molecule has 0 atom stereocenters. The summed E-state index contributed by atoms with van der Waals surface area (Å²) < 4.78 is 1.39. The SMILES string of the molecule is c1cc(C2SCS2)ccc1C1SCCCS1. The molecule has 2 fully saturated rings. The molecule has 2 heterocycles. The second-order valence-electron chi connectivity index (χ2n) is 3.88. The van der Waals surface area contributed by atoms with Crippen LogP contribution in [0.25, 0.3) is 0 Å². The average molecular weight is 287 g/mol. The molecule has 0 spiro atoms. The Morgan fingerprint density at radius 3 is 1.69 bits per heavy atom. The summed E-state index contributed by atoms with van der Waals surface area (Å²) in [5.74, 6) is 2.65. The molecule has 1 aromatic carbocycles. The third-order valence-corrected chi connectivity index (χ3v) is 8.82. The first-order valence-corrected chi connectivity index (χ1v) is 9.69. The molecule has 86 valence electrons. The van der Waals surface area contributed by atoms with Gasteiger partial charge in [0.15, 0.2) is 0 Å². The van der Waals surface area contributed by atoms with Gasteiger partial charge >= 0.3 is 0 Å². The first-order chi connectivity index (χ1) is 7.93. The van der Waals surface area contributed by atoms with Gasteiger partial charge in [0.1, 0.15) is 0 Å². The highest BCUT2D eigenvalue weighted by Gasteiger charge is 2.21. The first kappa shape index (κ1) is 11.7. The smallest absolute Gasteiger partial charge is 0.0767 e. The largest absolute Gasteiger partial charge is 0.143 e. The van der Waals surface area contributed by atoms with Crippen LogP contribution in [0.2, 0.25) is 0 Å². The highest BCUT2D eigenvalue weighted by molar-refractivity contribution is 8.31. The van der Waals surface area contributed by atoms with Gasteiger partial charge in [-0.15, -0.1) is 47.0 Å². The van der Waals surface area contributed by atoms with Crippen LogP contribution in [0.1, 0.15) is 26.7 Å². The lowest BCUT2D eigenvalue weighted by Gasteiger charge is -2.26. The number of hydrogen-bond acceptors (Lipinski definition) is 4. The summed E-state index contributed by atoms with van der Waals surface area (Å²) in [6, 6.07) is 9.33. The van der Waals surface area contributed by atoms with Crippen molar-refractivity contribution in [3.05, 3.63) is 35.4 Å². The molecule has 0 unspecified atom stereocenters. The number of thioether (sulfide) groups is 4. The number of benzene rings is 1. The van der Waals surface area contributed by atoms with E-state index in [0.717, 1.165) is 0 Å². The molecule has 0 aliphatic carbocycles. The Balaban J connectivity index is 1.70. The molecule has 0 saturated carbocycles. The molecule has 2 saturated heterocycles. The Bertz CT molecular complexity index is 339. The first-order valence-electron chi connectivity index (χ1n) is 5.50. The minimum Gasteiger partial charge on any atom is -0.143 e. The predicted molar refractivity (Wildman–Crippen MR) is 81.5 cm³/mol. The van der Waals surface area contributed by atoms with Crippen LogP contribution in [-0.2, 0) is 0 Å². The molecule has 16 heavy (non-hydrogen) atoms. The van der Waals surface area contributed by atoms with Gasteiger partial charge in [-0.05, 0) is 29.1 Å². The molecule has 0 radical (unpaired) electrons. The molecule has 0 amide bonds. The van der Waals surface area contributed by atoms with E-state index in [4.69, 9.17) is 0 Å². The van der Waals surface area contributed by atoms with Gasteiger partial charge in [0.25, 0.3) is 0 Å². The number of rotatable bonds is 2. The van der Waals surface area contributed by atoms with Crippen molar-refractivity contribution in [2.75, 3.05) is 16.6 Å². The lowest BCUT2D eigenvalue weighted by molar-refractivity contribution is 1.10. The fourth-order valence-electron chi connectivity index (χ4n) is 1.82. The highest BCUT2D eigenvalue weighted by atomic mass is 32.3. The Hall–Kier alpha value is 0.620. The quantitative estimate of drug-likeness (QED) is 0.750. The van der Waals surface area contributed by atoms with Gasteiger partial charge in [-0.1, -0.05) is 24.3 Å². The van der Waals surface area contributed by atoms with Crippen LogP contribution >= 0.6 is 47.0 Å². The van der Waals surface area contributed by atoms with Gasteiger partial charge in [0.2, 0.25) is 0 Å². The molecule has 3 rings (SSSR count). The standard InChI is InChI=1S/C12H14S4/c1-6-13-11(14-7-1)9-2-4-10(5-3-9)12-15-8-16-12/h2-5,11-12H,1,6-8H2. The van der Waals surface area contributed by atoms with Crippen molar-refractivity contribution in [3.8, 4) is 0 Å². The summed E-state index contributed by atoms with van der Waals surface area (Å²) in [7, 11) is 0. The summed E-state index contributed by atoms with van der Waals surface area (Å²) in [4.78, 5) is 0. The summed E-state index contributed by atoms with van der Waals surface area (Å²) in [6.07, 6.45) is 1.37. The predicted octanol–water partition coefficient (Wildman–Crippen LogP) is 4.99. The van der Waals surface area contributed by atoms with Gasteiger partial charge in [-0.25, -0.2) is 0 Å². The van der Waals surface area contributed by atoms with Crippen molar-refractivity contribution in [3.63, 3.8) is 0 Å². The fourth-order valence-corrected chi connectivity index (χ4v) is 6.50. The Morgan fingerprint density at radius 1 is 0.750 bits per heavy atom. The van der Waals surface area contributed by atoms with Crippen LogP contribution in [0.4, 0.5) is 0 Å². The molecule has 0 N–H and O–H groups in total. The third-order valence-electron chi connectivity index (χ3n) is 2.75. The molecule has 2 aliphatic heterocycles. The van der Waals surface area contributed by atoms with E-state index < -0.39 is 0 Å². The van der Waals surface area contributed by atoms with Crippen molar-refractivity contribution < 1.29 is 0 Å². The fraction of sp³-hybridized carbons (Fsp3) is 0.500. The van der Waals surface area contributed by atoms with Gasteiger partial charge < -0.3 is 0 Å². The minimum absolute atomic E-state index is 0.685. The molecule has 4 heteroatoms. The third kappa shape index (κ3) is 2.55. The van der Waals surface area contributed by atoms with Crippen LogP contribution in [0.5, 0.6) is 0 Å². The molecule has 0 bridgehead atoms. The Morgan fingerprint density at radius 2 is 1.25 bits per heavy atom. The summed E-state index contributed by atoms with van der Waals surface area (Å²) in [5, 5.41) is 1.26. The van der Waals surface area contributed by atoms with E-state index in [1.165, 1.54) is 34.1 Å². The Kier molecular flexibility index (Phi) is 4.03. The highest BCUT2D eigenvalue weighted by Crippen LogP contribution is 2.52. The zero-order valence-corrected chi connectivity index (χ0v) is 12.2. The molecule has 0 aromatic heterocycles. The second-order valence-corrected chi connectivity index (χ2v) is 9.45. The van der Waals surface area contributed by atoms with Crippen LogP contribution in [0.3, 0.4) is 0 Å². The monoisotopic (exact) mass is 286 g/mol. The molecular formula is C12H14S4. The zero-order valence-electron chi connectivity index (χ0n) is 8.93. The second kappa shape index (κ2) is 5.51. The van der Waals surface area contributed by atoms with Crippen molar-refractivity contribution in [1.29, 1.82) is 0 Å². The molecule has 2 aliphatic rings. The van der Waals surface area contributed by atoms with Crippen molar-refractivity contribution >= 4 is 47.0 Å². The van der Waals surface area contributed by atoms with Gasteiger partial charge in [-0.3, -0.25) is 0 Å². The van der Waals surface area contributed by atoms with Crippen molar-refractivity contribution in [1.82, 2.24) is 0 Å². The normalized spacial score (nSPS) is 23.0. The van der Waals surface area contributed by atoms with Gasteiger partial charge in [-0.2, -0.15) is 0 Å². The minimum atomic E-state index is 0.685. The maximum atomic E-state index is 2.34. The van der Waals surface area contributed by atoms with Gasteiger partial charge in [0.05, 0.1) is 9.16 Å². The van der Waals surface area contributed by atoms with E-state index in [1.807, 2.05) is 0 Å². The molecule has 0 nitrogen and oxygen atoms in total. The maximum absolute atomic E-state index is 2.34. The van der Waals surface area contributed by atoms with E-state index in [2.05, 4.69) is 71.3 Å². The van der Waals surface area contributed by atoms with Crippen molar-refractivity contribution in [2.24, 2.45) is 0 Å². The summed E-state index contributed by atoms with van der Waals surface area (Å²) >= 11 is 8.31. The Labute approximate surface area is 114 Å². The topological polar surface area (TPSA) is 0 Å². The van der Waals surface area contributed by atoms with Crippen molar-refractivity contribution in [2.45, 2.75) is 15.6 Å². The van der Waals surface area contributed by atoms with Gasteiger partial charge in [0, 0.05) is 5.08 Å². The van der Waals surface area contributed by atoms with Crippen LogP contribution < -0.4 is 0 Å². The van der Waals surface area contributed by atoms with Crippen LogP contribution in [0, 0.1) is 0 Å². The van der Waals surface area contributed by atoms with E-state index in [0.29, 0.717) is 9.16 Å². The zero-order chi connectivity index (χ0) is 10.8. The van der Waals surface area contributed by atoms with E-state index >= 15 is 0 Å². The summed E-state index contributed by atoms with van der Waals surface area (Å²) in [6.45, 7) is 0. The molecular weight excluding hydrogens is 272 g/mol. The van der Waals surface area contributed by atoms with E-state index in [9.17, 15) is 0 Å². The lowest BCUT2D eigenvalue weighted by Crippen LogP contribution is -2.02. The lowest BCUT2D eigenvalue weighted by atomic mass is 10.2. The summed E-state index contributed by atoms with van der Waals surface area (Å²) in [5.41, 5.74) is 3.00. The average Bonchev–Trinajstić information content (AvgIpc) is 2.29. The van der Waals surface area contributed by atoms with E-state index in [1.54, 1.807) is 0 Å². The van der Waals surface area contributed by atoms with E-state index in [-0.39, 0.29) is 0 Å². The van der Waals surface area contributed by atoms with Crippen LogP contribution in [-0.4, -0.2) is 16.6 Å². The molecule has 1 aromatic rings. The van der Waals surface area contributed by atoms with Crippen LogP contribution in [0.15, 0.2) is 24.3 Å². The maximum Gasteiger partial charge on any atom is 0.0767 e.